The van der Waals surface area contributed by atoms with Gasteiger partial charge in [-0.25, -0.2) is 4.39 Å². The fourth-order valence-electron chi connectivity index (χ4n) is 3.86. The maximum atomic E-state index is 14.7. The molecule has 2 amide bonds. The number of nitrogens with zero attached hydrogens (tertiary/aromatic N) is 3. The third kappa shape index (κ3) is 4.21. The lowest BCUT2D eigenvalue weighted by Gasteiger charge is -2.41. The molecule has 156 valence electrons. The van der Waals surface area contributed by atoms with Gasteiger partial charge in [-0.2, -0.15) is 0 Å². The average Bonchev–Trinajstić information content (AvgIpc) is 3.13. The van der Waals surface area contributed by atoms with Crippen molar-refractivity contribution in [3.63, 3.8) is 0 Å². The van der Waals surface area contributed by atoms with Gasteiger partial charge in [0.1, 0.15) is 18.4 Å². The second-order valence-electron chi connectivity index (χ2n) is 8.89. The Morgan fingerprint density at radius 2 is 1.83 bits per heavy atom. The number of hydrogen-bond donors (Lipinski definition) is 0. The molecule has 29 heavy (non-hydrogen) atoms. The van der Waals surface area contributed by atoms with E-state index in [2.05, 4.69) is 4.57 Å². The van der Waals surface area contributed by atoms with Gasteiger partial charge in [-0.15, -0.1) is 0 Å². The smallest absolute Gasteiger partial charge is 0.243 e. The number of halogens is 1. The second kappa shape index (κ2) is 8.01. The van der Waals surface area contributed by atoms with Gasteiger partial charge in [0.2, 0.25) is 11.8 Å². The van der Waals surface area contributed by atoms with Crippen molar-refractivity contribution >= 4 is 11.8 Å². The van der Waals surface area contributed by atoms with Crippen LogP contribution in [0.1, 0.15) is 51.9 Å². The van der Waals surface area contributed by atoms with Gasteiger partial charge in [0.05, 0.1) is 0 Å². The summed E-state index contributed by atoms with van der Waals surface area (Å²) in [5.74, 6) is -0.776. The minimum absolute atomic E-state index is 0.0217. The van der Waals surface area contributed by atoms with E-state index in [0.29, 0.717) is 18.7 Å². The molecule has 6 heteroatoms. The van der Waals surface area contributed by atoms with E-state index in [1.54, 1.807) is 28.0 Å². The van der Waals surface area contributed by atoms with E-state index in [1.807, 2.05) is 52.9 Å². The first-order valence-electron chi connectivity index (χ1n) is 10.1. The highest BCUT2D eigenvalue weighted by molar-refractivity contribution is 5.86. The zero-order valence-electron chi connectivity index (χ0n) is 17.9. The average molecular weight is 400 g/mol. The van der Waals surface area contributed by atoms with E-state index in [4.69, 9.17) is 0 Å². The van der Waals surface area contributed by atoms with Crippen LogP contribution in [0.4, 0.5) is 4.39 Å². The van der Waals surface area contributed by atoms with Crippen LogP contribution in [-0.4, -0.2) is 44.8 Å². The highest BCUT2D eigenvalue weighted by atomic mass is 19.1. The maximum Gasteiger partial charge on any atom is 0.243 e. The van der Waals surface area contributed by atoms with Crippen LogP contribution in [0.15, 0.2) is 42.6 Å². The van der Waals surface area contributed by atoms with Gasteiger partial charge in [0, 0.05) is 42.0 Å². The predicted molar refractivity (Wildman–Crippen MR) is 111 cm³/mol. The SMILES string of the molecule is CC(C)C(=O)N(CC(=O)N1CCn2cccc2C1c1ccccc1F)C(C)(C)C. The molecule has 2 aromatic rings. The Balaban J connectivity index is 1.96. The second-order valence-corrected chi connectivity index (χ2v) is 8.89. The van der Waals surface area contributed by atoms with Gasteiger partial charge in [-0.1, -0.05) is 32.0 Å². The molecule has 1 aliphatic rings. The van der Waals surface area contributed by atoms with Crippen LogP contribution < -0.4 is 0 Å². The van der Waals surface area contributed by atoms with E-state index in [1.165, 1.54) is 6.07 Å². The first-order chi connectivity index (χ1) is 13.6. The Morgan fingerprint density at radius 3 is 2.45 bits per heavy atom. The van der Waals surface area contributed by atoms with Gasteiger partial charge >= 0.3 is 0 Å². The van der Waals surface area contributed by atoms with Gasteiger partial charge in [-0.05, 0) is 39.0 Å². The maximum absolute atomic E-state index is 14.7. The van der Waals surface area contributed by atoms with Crippen LogP contribution in [-0.2, 0) is 16.1 Å². The topological polar surface area (TPSA) is 45.6 Å². The van der Waals surface area contributed by atoms with Crippen molar-refractivity contribution in [2.45, 2.75) is 52.7 Å². The van der Waals surface area contributed by atoms with Crippen LogP contribution in [0, 0.1) is 11.7 Å². The summed E-state index contributed by atoms with van der Waals surface area (Å²) in [6, 6.07) is 9.91. The van der Waals surface area contributed by atoms with E-state index in [9.17, 15) is 14.0 Å². The molecule has 1 aliphatic heterocycles. The Bertz CT molecular complexity index is 898. The molecule has 0 spiro atoms. The highest BCUT2D eigenvalue weighted by Gasteiger charge is 2.37. The van der Waals surface area contributed by atoms with E-state index < -0.39 is 11.6 Å². The zero-order valence-corrected chi connectivity index (χ0v) is 17.9. The lowest BCUT2D eigenvalue weighted by Crippen LogP contribution is -2.54. The Hall–Kier alpha value is -2.63. The number of benzene rings is 1. The van der Waals surface area contributed by atoms with Crippen molar-refractivity contribution in [3.8, 4) is 0 Å². The van der Waals surface area contributed by atoms with Crippen molar-refractivity contribution in [2.24, 2.45) is 5.92 Å². The first-order valence-corrected chi connectivity index (χ1v) is 10.1. The number of carbonyl (C=O) groups is 2. The van der Waals surface area contributed by atoms with E-state index in [-0.39, 0.29) is 30.1 Å². The number of carbonyl (C=O) groups excluding carboxylic acids is 2. The monoisotopic (exact) mass is 399 g/mol. The number of amides is 2. The highest BCUT2D eigenvalue weighted by Crippen LogP contribution is 2.34. The van der Waals surface area contributed by atoms with Crippen LogP contribution in [0.3, 0.4) is 0 Å². The number of hydrogen-bond acceptors (Lipinski definition) is 2. The molecule has 1 aromatic carbocycles. The Kier molecular flexibility index (Phi) is 5.82. The molecule has 5 nitrogen and oxygen atoms in total. The minimum Gasteiger partial charge on any atom is -0.348 e. The van der Waals surface area contributed by atoms with Crippen molar-refractivity contribution < 1.29 is 14.0 Å². The number of fused-ring (bicyclic) bond motifs is 1. The molecule has 1 aromatic heterocycles. The fraction of sp³-hybridized carbons (Fsp3) is 0.478. The lowest BCUT2D eigenvalue weighted by atomic mass is 9.98. The zero-order chi connectivity index (χ0) is 21.3. The van der Waals surface area contributed by atoms with Gasteiger partial charge in [0.25, 0.3) is 0 Å². The summed E-state index contributed by atoms with van der Waals surface area (Å²) >= 11 is 0. The van der Waals surface area contributed by atoms with Crippen LogP contribution in [0.5, 0.6) is 0 Å². The summed E-state index contributed by atoms with van der Waals surface area (Å²) in [4.78, 5) is 29.5. The summed E-state index contributed by atoms with van der Waals surface area (Å²) in [5, 5.41) is 0. The summed E-state index contributed by atoms with van der Waals surface area (Å²) < 4.78 is 16.7. The van der Waals surface area contributed by atoms with Gasteiger partial charge < -0.3 is 14.4 Å². The molecule has 0 aliphatic carbocycles. The van der Waals surface area contributed by atoms with E-state index >= 15 is 0 Å². The number of rotatable bonds is 4. The van der Waals surface area contributed by atoms with Gasteiger partial charge in [-0.3, -0.25) is 9.59 Å². The fourth-order valence-corrected chi connectivity index (χ4v) is 3.86. The predicted octanol–water partition coefficient (Wildman–Crippen LogP) is 3.84. The van der Waals surface area contributed by atoms with E-state index in [0.717, 1.165) is 5.69 Å². The molecular formula is C23H30FN3O2. The summed E-state index contributed by atoms with van der Waals surface area (Å²) in [6.07, 6.45) is 1.95. The van der Waals surface area contributed by atoms with Crippen molar-refractivity contribution in [3.05, 3.63) is 59.7 Å². The molecule has 1 atom stereocenters. The molecule has 1 unspecified atom stereocenters. The molecule has 0 bridgehead atoms. The third-order valence-electron chi connectivity index (χ3n) is 5.42. The largest absolute Gasteiger partial charge is 0.348 e. The van der Waals surface area contributed by atoms with Crippen LogP contribution >= 0.6 is 0 Å². The lowest BCUT2D eigenvalue weighted by molar-refractivity contribution is -0.148. The molecule has 2 heterocycles. The van der Waals surface area contributed by atoms with Crippen LogP contribution in [0.25, 0.3) is 0 Å². The Labute approximate surface area is 172 Å². The van der Waals surface area contributed by atoms with Crippen molar-refractivity contribution in [1.82, 2.24) is 14.4 Å². The summed E-state index contributed by atoms with van der Waals surface area (Å²) in [6.45, 7) is 10.5. The molecule has 0 saturated heterocycles. The molecule has 0 N–H and O–H groups in total. The van der Waals surface area contributed by atoms with Crippen molar-refractivity contribution in [1.29, 1.82) is 0 Å². The van der Waals surface area contributed by atoms with Crippen molar-refractivity contribution in [2.75, 3.05) is 13.1 Å². The standard InChI is InChI=1S/C23H30FN3O2/c1-16(2)22(29)27(23(3,4)5)15-20(28)26-14-13-25-12-8-11-19(25)21(26)17-9-6-7-10-18(17)24/h6-12,16,21H,13-15H2,1-5H3. The Morgan fingerprint density at radius 1 is 1.14 bits per heavy atom. The first kappa shape index (κ1) is 21.1. The summed E-state index contributed by atoms with van der Waals surface area (Å²) in [7, 11) is 0. The minimum atomic E-state index is -0.511. The quantitative estimate of drug-likeness (QED) is 0.784. The molecular weight excluding hydrogens is 369 g/mol. The molecule has 3 rings (SSSR count). The normalized spacial score (nSPS) is 16.7. The molecule has 0 saturated carbocycles. The molecule has 0 fully saturated rings. The van der Waals surface area contributed by atoms with Crippen LogP contribution in [0.2, 0.25) is 0 Å². The molecule has 0 radical (unpaired) electrons. The summed E-state index contributed by atoms with van der Waals surface area (Å²) in [5.41, 5.74) is 0.866. The van der Waals surface area contributed by atoms with Gasteiger partial charge in [0.15, 0.2) is 0 Å². The number of aromatic nitrogens is 1. The third-order valence-corrected chi connectivity index (χ3v) is 5.42.